The second kappa shape index (κ2) is 2.85. The summed E-state index contributed by atoms with van der Waals surface area (Å²) in [4.78, 5) is 4.56. The predicted molar refractivity (Wildman–Crippen MR) is 51.1 cm³/mol. The normalized spacial score (nSPS) is 33.9. The molecule has 0 aromatic heterocycles. The first-order valence-electron chi connectivity index (χ1n) is 4.60. The van der Waals surface area contributed by atoms with Crippen LogP contribution in [0.2, 0.25) is 0 Å². The van der Waals surface area contributed by atoms with Gasteiger partial charge in [-0.05, 0) is 0 Å². The van der Waals surface area contributed by atoms with Gasteiger partial charge in [-0.3, -0.25) is 0 Å². The molecule has 1 unspecified atom stereocenters. The maximum Gasteiger partial charge on any atom is 0.254 e. The molecule has 2 nitrogen and oxygen atoms in total. The highest BCUT2D eigenvalue weighted by atomic mass is 15.2. The fourth-order valence-corrected chi connectivity index (χ4v) is 1.82. The number of hydrogen-bond acceptors (Lipinski definition) is 1. The minimum Gasteiger partial charge on any atom is -0.227 e. The van der Waals surface area contributed by atoms with Crippen LogP contribution in [0.1, 0.15) is 26.2 Å². The second-order valence-electron chi connectivity index (χ2n) is 3.60. The molecule has 2 rings (SSSR count). The number of allylic oxidation sites excluding steroid dienone is 1. The summed E-state index contributed by atoms with van der Waals surface area (Å²) in [5.41, 5.74) is 0.0191. The quantitative estimate of drug-likeness (QED) is 0.381. The van der Waals surface area contributed by atoms with Crippen LogP contribution in [-0.2, 0) is 0 Å². The standard InChI is InChI=1S/C10H15N2/c1-10-6-3-2-4-8-12(10)9-5-7-11-10/h2-3,7-8H,4-6,9H2,1H3/q+1. The van der Waals surface area contributed by atoms with E-state index < -0.39 is 0 Å². The van der Waals surface area contributed by atoms with Crippen molar-refractivity contribution in [2.24, 2.45) is 4.99 Å². The van der Waals surface area contributed by atoms with Crippen LogP contribution in [0.4, 0.5) is 0 Å². The van der Waals surface area contributed by atoms with Crippen LogP contribution < -0.4 is 0 Å². The van der Waals surface area contributed by atoms with Crippen LogP contribution >= 0.6 is 0 Å². The predicted octanol–water partition coefficient (Wildman–Crippen LogP) is 1.61. The third-order valence-corrected chi connectivity index (χ3v) is 2.62. The zero-order valence-electron chi connectivity index (χ0n) is 7.53. The Morgan fingerprint density at radius 1 is 1.42 bits per heavy atom. The van der Waals surface area contributed by atoms with Crippen LogP contribution in [-0.4, -0.2) is 29.2 Å². The lowest BCUT2D eigenvalue weighted by Gasteiger charge is -2.23. The highest BCUT2D eigenvalue weighted by Gasteiger charge is 2.35. The fourth-order valence-electron chi connectivity index (χ4n) is 1.82. The Bertz CT molecular complexity index is 263. The molecule has 0 spiro atoms. The van der Waals surface area contributed by atoms with Gasteiger partial charge in [0.25, 0.3) is 5.66 Å². The van der Waals surface area contributed by atoms with Gasteiger partial charge in [0, 0.05) is 26.0 Å². The molecule has 0 aromatic rings. The SMILES string of the molecule is CC12CC=CCC=[N+]1CCC=N2. The van der Waals surface area contributed by atoms with Crippen molar-refractivity contribution in [3.05, 3.63) is 12.2 Å². The van der Waals surface area contributed by atoms with E-state index in [9.17, 15) is 0 Å². The molecule has 0 aliphatic carbocycles. The summed E-state index contributed by atoms with van der Waals surface area (Å²) in [6.07, 6.45) is 12.0. The first-order valence-corrected chi connectivity index (χ1v) is 4.60. The van der Waals surface area contributed by atoms with Crippen molar-refractivity contribution >= 4 is 12.4 Å². The molecule has 0 bridgehead atoms. The summed E-state index contributed by atoms with van der Waals surface area (Å²) >= 11 is 0. The van der Waals surface area contributed by atoms with E-state index in [4.69, 9.17) is 0 Å². The Balaban J connectivity index is 2.35. The third kappa shape index (κ3) is 1.22. The van der Waals surface area contributed by atoms with Gasteiger partial charge >= 0.3 is 0 Å². The van der Waals surface area contributed by atoms with Crippen molar-refractivity contribution in [3.63, 3.8) is 0 Å². The second-order valence-corrected chi connectivity index (χ2v) is 3.60. The van der Waals surface area contributed by atoms with E-state index in [1.165, 1.54) is 0 Å². The summed E-state index contributed by atoms with van der Waals surface area (Å²) in [6.45, 7) is 3.33. The molecule has 0 saturated heterocycles. The van der Waals surface area contributed by atoms with Crippen LogP contribution in [0.15, 0.2) is 17.1 Å². The van der Waals surface area contributed by atoms with Gasteiger partial charge in [0.1, 0.15) is 12.8 Å². The van der Waals surface area contributed by atoms with Gasteiger partial charge < -0.3 is 0 Å². The smallest absolute Gasteiger partial charge is 0.227 e. The van der Waals surface area contributed by atoms with Gasteiger partial charge in [0.15, 0.2) is 0 Å². The molecule has 0 N–H and O–H groups in total. The van der Waals surface area contributed by atoms with E-state index in [1.807, 2.05) is 0 Å². The van der Waals surface area contributed by atoms with Crippen molar-refractivity contribution < 1.29 is 4.58 Å². The average Bonchev–Trinajstić information content (AvgIpc) is 2.25. The summed E-state index contributed by atoms with van der Waals surface area (Å²) in [6, 6.07) is 0. The van der Waals surface area contributed by atoms with Crippen LogP contribution in [0.25, 0.3) is 0 Å². The Morgan fingerprint density at radius 2 is 2.33 bits per heavy atom. The van der Waals surface area contributed by atoms with E-state index in [-0.39, 0.29) is 5.66 Å². The number of rotatable bonds is 0. The number of nitrogens with zero attached hydrogens (tertiary/aromatic N) is 2. The van der Waals surface area contributed by atoms with Gasteiger partial charge in [-0.2, -0.15) is 0 Å². The zero-order valence-corrected chi connectivity index (χ0v) is 7.53. The zero-order chi connectivity index (χ0) is 8.44. The van der Waals surface area contributed by atoms with E-state index in [2.05, 4.69) is 41.1 Å². The average molecular weight is 163 g/mol. The van der Waals surface area contributed by atoms with Gasteiger partial charge in [-0.1, -0.05) is 12.2 Å². The van der Waals surface area contributed by atoms with E-state index in [0.717, 1.165) is 25.8 Å². The molecular formula is C10H15N2+. The third-order valence-electron chi connectivity index (χ3n) is 2.62. The van der Waals surface area contributed by atoms with E-state index in [1.54, 1.807) is 0 Å². The number of aliphatic imine (C=N–C) groups is 1. The van der Waals surface area contributed by atoms with E-state index >= 15 is 0 Å². The van der Waals surface area contributed by atoms with Crippen LogP contribution in [0.5, 0.6) is 0 Å². The topological polar surface area (TPSA) is 15.4 Å². The lowest BCUT2D eigenvalue weighted by atomic mass is 10.1. The number of hydrogen-bond donors (Lipinski definition) is 0. The van der Waals surface area contributed by atoms with Crippen LogP contribution in [0.3, 0.4) is 0 Å². The Hall–Kier alpha value is -0.920. The van der Waals surface area contributed by atoms with Gasteiger partial charge in [-0.15, -0.1) is 0 Å². The summed E-state index contributed by atoms with van der Waals surface area (Å²) in [5.74, 6) is 0. The minimum absolute atomic E-state index is 0.0191. The molecule has 0 saturated carbocycles. The first-order chi connectivity index (χ1) is 5.81. The molecule has 1 atom stereocenters. The van der Waals surface area contributed by atoms with Crippen molar-refractivity contribution in [1.29, 1.82) is 0 Å². The largest absolute Gasteiger partial charge is 0.254 e. The molecule has 0 fully saturated rings. The van der Waals surface area contributed by atoms with Crippen molar-refractivity contribution in [1.82, 2.24) is 0 Å². The molecule has 2 heteroatoms. The molecule has 64 valence electrons. The lowest BCUT2D eigenvalue weighted by molar-refractivity contribution is -0.601. The number of fused-ring (bicyclic) bond motifs is 1. The maximum absolute atomic E-state index is 4.56. The van der Waals surface area contributed by atoms with Crippen LogP contribution in [0, 0.1) is 0 Å². The molecule has 0 amide bonds. The van der Waals surface area contributed by atoms with Crippen molar-refractivity contribution in [2.75, 3.05) is 6.54 Å². The van der Waals surface area contributed by atoms with Gasteiger partial charge in [0.05, 0.1) is 6.42 Å². The first kappa shape index (κ1) is 7.71. The monoisotopic (exact) mass is 163 g/mol. The molecule has 12 heavy (non-hydrogen) atoms. The fraction of sp³-hybridized carbons (Fsp3) is 0.600. The van der Waals surface area contributed by atoms with Gasteiger partial charge in [-0.25, -0.2) is 9.57 Å². The molecule has 2 aliphatic rings. The molecule has 2 heterocycles. The highest BCUT2D eigenvalue weighted by molar-refractivity contribution is 5.60. The maximum atomic E-state index is 4.56. The molecule has 0 radical (unpaired) electrons. The summed E-state index contributed by atoms with van der Waals surface area (Å²) in [5, 5.41) is 0. The lowest BCUT2D eigenvalue weighted by Crippen LogP contribution is -2.40. The minimum atomic E-state index is 0.0191. The Morgan fingerprint density at radius 3 is 3.25 bits per heavy atom. The molecular weight excluding hydrogens is 148 g/mol. The molecule has 2 aliphatic heterocycles. The van der Waals surface area contributed by atoms with Crippen molar-refractivity contribution in [2.45, 2.75) is 31.8 Å². The Kier molecular flexibility index (Phi) is 1.83. The highest BCUT2D eigenvalue weighted by Crippen LogP contribution is 2.22. The van der Waals surface area contributed by atoms with E-state index in [0.29, 0.717) is 0 Å². The van der Waals surface area contributed by atoms with Crippen molar-refractivity contribution in [3.8, 4) is 0 Å². The Labute approximate surface area is 73.3 Å². The summed E-state index contributed by atoms with van der Waals surface area (Å²) < 4.78 is 2.37. The summed E-state index contributed by atoms with van der Waals surface area (Å²) in [7, 11) is 0. The van der Waals surface area contributed by atoms with Gasteiger partial charge in [0.2, 0.25) is 0 Å². The molecule has 0 aromatic carbocycles.